The number of nitrogens with one attached hydrogen (secondary N) is 1. The lowest BCUT2D eigenvalue weighted by Gasteiger charge is -2.38. The van der Waals surface area contributed by atoms with Crippen molar-refractivity contribution < 1.29 is 4.53 Å². The molecule has 80 valence electrons. The fraction of sp³-hybridized carbons (Fsp3) is 1.00. The second kappa shape index (κ2) is 3.71. The van der Waals surface area contributed by atoms with Gasteiger partial charge in [-0.05, 0) is 38.9 Å². The lowest BCUT2D eigenvalue weighted by atomic mass is 10.1. The van der Waals surface area contributed by atoms with E-state index in [1.54, 1.807) is 0 Å². The number of hydrogen-bond acceptors (Lipinski definition) is 2. The van der Waals surface area contributed by atoms with Crippen molar-refractivity contribution in [3.05, 3.63) is 0 Å². The van der Waals surface area contributed by atoms with Crippen LogP contribution in [0.4, 0.5) is 0 Å². The summed E-state index contributed by atoms with van der Waals surface area (Å²) >= 11 is 0. The zero-order valence-electron chi connectivity index (χ0n) is 10.4. The van der Waals surface area contributed by atoms with E-state index >= 15 is 0 Å². The highest BCUT2D eigenvalue weighted by Crippen LogP contribution is 2.36. The van der Waals surface area contributed by atoms with E-state index in [-0.39, 0.29) is 10.6 Å². The summed E-state index contributed by atoms with van der Waals surface area (Å²) in [7, 11) is -1.63. The van der Waals surface area contributed by atoms with Crippen LogP contribution in [0.15, 0.2) is 0 Å². The van der Waals surface area contributed by atoms with Gasteiger partial charge in [-0.3, -0.25) is 0 Å². The van der Waals surface area contributed by atoms with Crippen molar-refractivity contribution in [3.8, 4) is 0 Å². The zero-order valence-corrected chi connectivity index (χ0v) is 11.4. The molecule has 0 saturated carbocycles. The predicted octanol–water partition coefficient (Wildman–Crippen LogP) is 3.31. The van der Waals surface area contributed by atoms with E-state index in [1.807, 2.05) is 0 Å². The summed E-state index contributed by atoms with van der Waals surface area (Å²) < 4.78 is 5.85. The molecule has 0 amide bonds. The van der Waals surface area contributed by atoms with Crippen LogP contribution in [0, 0.1) is 0 Å². The van der Waals surface area contributed by atoms with Crippen LogP contribution in [-0.4, -0.2) is 13.9 Å². The fourth-order valence-electron chi connectivity index (χ4n) is 0.434. The molecular weight excluding hydrogens is 178 g/mol. The van der Waals surface area contributed by atoms with Gasteiger partial charge < -0.3 is 4.53 Å². The lowest BCUT2D eigenvalue weighted by Crippen LogP contribution is -2.50. The Kier molecular flexibility index (Phi) is 3.75. The van der Waals surface area contributed by atoms with Crippen molar-refractivity contribution in [2.75, 3.05) is 0 Å². The molecule has 0 spiro atoms. The predicted molar refractivity (Wildman–Crippen MR) is 61.2 cm³/mol. The van der Waals surface area contributed by atoms with Gasteiger partial charge in [0.25, 0.3) is 0 Å². The third-order valence-electron chi connectivity index (χ3n) is 2.42. The smallest absolute Gasteiger partial charge is 0.219 e. The molecule has 0 aliphatic carbocycles. The molecule has 13 heavy (non-hydrogen) atoms. The normalized spacial score (nSPS) is 14.8. The van der Waals surface area contributed by atoms with Crippen LogP contribution < -0.4 is 5.48 Å². The first kappa shape index (κ1) is 13.1. The molecule has 0 bridgehead atoms. The van der Waals surface area contributed by atoms with Crippen molar-refractivity contribution in [2.24, 2.45) is 0 Å². The number of hydroxylamine groups is 1. The van der Waals surface area contributed by atoms with Gasteiger partial charge in [0, 0.05) is 5.54 Å². The fourth-order valence-corrected chi connectivity index (χ4v) is 1.30. The summed E-state index contributed by atoms with van der Waals surface area (Å²) in [4.78, 5) is 0. The molecule has 0 aromatic rings. The zero-order chi connectivity index (χ0) is 10.9. The van der Waals surface area contributed by atoms with Gasteiger partial charge in [-0.1, -0.05) is 20.8 Å². The first-order valence-corrected chi connectivity index (χ1v) is 7.82. The summed E-state index contributed by atoms with van der Waals surface area (Å²) in [6, 6.07) is 0. The van der Waals surface area contributed by atoms with Crippen molar-refractivity contribution in [1.29, 1.82) is 0 Å². The van der Waals surface area contributed by atoms with E-state index in [2.05, 4.69) is 60.1 Å². The topological polar surface area (TPSA) is 21.3 Å². The maximum Gasteiger partial charge on any atom is 0.219 e. The standard InChI is InChI=1S/C10H25NOSi/c1-9(2,3)11-12-13(7,8)10(4,5)6/h11H,1-8H3. The minimum Gasteiger partial charge on any atom is -0.345 e. The molecule has 3 heteroatoms. The minimum atomic E-state index is -1.63. The van der Waals surface area contributed by atoms with Gasteiger partial charge in [-0.15, -0.1) is 0 Å². The lowest BCUT2D eigenvalue weighted by molar-refractivity contribution is 0.102. The highest BCUT2D eigenvalue weighted by atomic mass is 28.4. The SMILES string of the molecule is CC(C)(C)NO[Si](C)(C)C(C)(C)C. The number of hydrogen-bond donors (Lipinski definition) is 1. The maximum absolute atomic E-state index is 5.85. The van der Waals surface area contributed by atoms with Gasteiger partial charge >= 0.3 is 0 Å². The quantitative estimate of drug-likeness (QED) is 0.549. The first-order chi connectivity index (χ1) is 5.46. The van der Waals surface area contributed by atoms with Crippen LogP contribution in [0.3, 0.4) is 0 Å². The molecular formula is C10H25NOSi. The largest absolute Gasteiger partial charge is 0.345 e. The van der Waals surface area contributed by atoms with E-state index in [4.69, 9.17) is 4.53 Å². The van der Waals surface area contributed by atoms with Gasteiger partial charge in [0.1, 0.15) is 0 Å². The highest BCUT2D eigenvalue weighted by molar-refractivity contribution is 6.74. The maximum atomic E-state index is 5.85. The van der Waals surface area contributed by atoms with Crippen molar-refractivity contribution in [2.45, 2.75) is 65.2 Å². The van der Waals surface area contributed by atoms with Gasteiger partial charge in [0.2, 0.25) is 8.32 Å². The number of rotatable bonds is 2. The molecule has 0 aromatic carbocycles. The summed E-state index contributed by atoms with van der Waals surface area (Å²) in [5, 5.41) is 0.269. The third-order valence-corrected chi connectivity index (χ3v) is 6.64. The molecule has 0 rings (SSSR count). The average Bonchev–Trinajstić information content (AvgIpc) is 1.79. The van der Waals surface area contributed by atoms with Gasteiger partial charge in [0.05, 0.1) is 0 Å². The summed E-state index contributed by atoms with van der Waals surface area (Å²) in [5.41, 5.74) is 3.17. The van der Waals surface area contributed by atoms with Crippen molar-refractivity contribution >= 4 is 8.32 Å². The van der Waals surface area contributed by atoms with Crippen LogP contribution in [-0.2, 0) is 4.53 Å². The summed E-state index contributed by atoms with van der Waals surface area (Å²) in [6.07, 6.45) is 0. The molecule has 0 unspecified atom stereocenters. The van der Waals surface area contributed by atoms with Crippen LogP contribution in [0.2, 0.25) is 18.1 Å². The molecule has 0 aliphatic rings. The first-order valence-electron chi connectivity index (χ1n) is 4.91. The van der Waals surface area contributed by atoms with Crippen LogP contribution in [0.5, 0.6) is 0 Å². The molecule has 0 aliphatic heterocycles. The molecule has 0 heterocycles. The van der Waals surface area contributed by atoms with Gasteiger partial charge in [-0.2, -0.15) is 0 Å². The Morgan fingerprint density at radius 3 is 1.54 bits per heavy atom. The van der Waals surface area contributed by atoms with Gasteiger partial charge in [0.15, 0.2) is 0 Å². The second-order valence-corrected chi connectivity index (χ2v) is 10.9. The molecule has 0 fully saturated rings. The molecule has 0 aromatic heterocycles. The van der Waals surface area contributed by atoms with Crippen LogP contribution >= 0.6 is 0 Å². The summed E-state index contributed by atoms with van der Waals surface area (Å²) in [5.74, 6) is 0. The Labute approximate surface area is 84.1 Å². The van der Waals surface area contributed by atoms with Gasteiger partial charge in [-0.25, -0.2) is 5.48 Å². The Morgan fingerprint density at radius 2 is 1.31 bits per heavy atom. The molecule has 0 atom stereocenters. The monoisotopic (exact) mass is 203 g/mol. The van der Waals surface area contributed by atoms with E-state index < -0.39 is 8.32 Å². The molecule has 2 nitrogen and oxygen atoms in total. The molecule has 0 radical (unpaired) electrons. The Balaban J connectivity index is 4.21. The van der Waals surface area contributed by atoms with E-state index in [0.29, 0.717) is 0 Å². The van der Waals surface area contributed by atoms with Crippen LogP contribution in [0.25, 0.3) is 0 Å². The van der Waals surface area contributed by atoms with E-state index in [0.717, 1.165) is 0 Å². The molecule has 0 saturated heterocycles. The third kappa shape index (κ3) is 4.79. The summed E-state index contributed by atoms with van der Waals surface area (Å²) in [6.45, 7) is 17.5. The van der Waals surface area contributed by atoms with Crippen LogP contribution in [0.1, 0.15) is 41.5 Å². The van der Waals surface area contributed by atoms with E-state index in [1.165, 1.54) is 0 Å². The highest BCUT2D eigenvalue weighted by Gasteiger charge is 2.38. The Hall–Kier alpha value is 0.137. The Bertz CT molecular complexity index is 165. The van der Waals surface area contributed by atoms with Crippen molar-refractivity contribution in [1.82, 2.24) is 5.48 Å². The van der Waals surface area contributed by atoms with E-state index in [9.17, 15) is 0 Å². The Morgan fingerprint density at radius 1 is 0.923 bits per heavy atom. The van der Waals surface area contributed by atoms with Crippen molar-refractivity contribution in [3.63, 3.8) is 0 Å². The molecule has 1 N–H and O–H groups in total. The average molecular weight is 203 g/mol. The second-order valence-electron chi connectivity index (χ2n) is 6.21. The minimum absolute atomic E-state index is 0.0372.